The Balaban J connectivity index is 0.00000220. The summed E-state index contributed by atoms with van der Waals surface area (Å²) in [4.78, 5) is 24.6. The van der Waals surface area contributed by atoms with E-state index in [1.54, 1.807) is 17.9 Å². The summed E-state index contributed by atoms with van der Waals surface area (Å²) in [5.74, 6) is -0.0578. The molecule has 1 heterocycles. The lowest BCUT2D eigenvalue weighted by Crippen LogP contribution is -2.55. The number of hydrogen-bond acceptors (Lipinski definition) is 4. The molecule has 1 saturated heterocycles. The van der Waals surface area contributed by atoms with Crippen molar-refractivity contribution in [2.24, 2.45) is 0 Å². The Kier molecular flexibility index (Phi) is 5.69. The van der Waals surface area contributed by atoms with Crippen molar-refractivity contribution in [2.75, 3.05) is 13.1 Å². The van der Waals surface area contributed by atoms with Gasteiger partial charge in [-0.1, -0.05) is 0 Å². The van der Waals surface area contributed by atoms with Gasteiger partial charge in [-0.25, -0.2) is 0 Å². The average Bonchev–Trinajstić information content (AvgIpc) is 2.36. The van der Waals surface area contributed by atoms with E-state index in [4.69, 9.17) is 0 Å². The molecule has 0 bridgehead atoms. The second-order valence-corrected chi connectivity index (χ2v) is 5.44. The summed E-state index contributed by atoms with van der Waals surface area (Å²) in [6.45, 7) is 7.12. The number of amides is 1. The number of hydrogen-bond donors (Lipinski definition) is 1. The highest BCUT2D eigenvalue weighted by atomic mass is 35.5. The minimum Gasteiger partial charge on any atom is -0.336 e. The SMILES string of the molecule is Cc1cc([N+](=O)[O-])ccc1C(=O)N1CC(C)NC(C)C1.Cl. The fourth-order valence-corrected chi connectivity index (χ4v) is 2.66. The first kappa shape index (κ1) is 17.4. The number of nitro groups is 1. The third-order valence-corrected chi connectivity index (χ3v) is 3.50. The summed E-state index contributed by atoms with van der Waals surface area (Å²) >= 11 is 0. The molecule has 1 aromatic rings. The molecule has 0 aliphatic carbocycles. The Morgan fingerprint density at radius 2 is 1.90 bits per heavy atom. The van der Waals surface area contributed by atoms with Crippen LogP contribution in [0.5, 0.6) is 0 Å². The van der Waals surface area contributed by atoms with Gasteiger partial charge in [0.05, 0.1) is 4.92 Å². The van der Waals surface area contributed by atoms with Crippen LogP contribution in [-0.2, 0) is 0 Å². The van der Waals surface area contributed by atoms with Crippen LogP contribution in [0.25, 0.3) is 0 Å². The maximum atomic E-state index is 12.5. The quantitative estimate of drug-likeness (QED) is 0.670. The molecule has 1 amide bonds. The number of nitrogens with zero attached hydrogens (tertiary/aromatic N) is 2. The predicted octanol–water partition coefficient (Wildman–Crippen LogP) is 2.15. The standard InChI is InChI=1S/C14H19N3O3.ClH/c1-9-6-12(17(19)20)4-5-13(9)14(18)16-7-10(2)15-11(3)8-16;/h4-6,10-11,15H,7-8H2,1-3H3;1H. The third kappa shape index (κ3) is 3.92. The number of carbonyl (C=O) groups excluding carboxylic acids is 1. The second-order valence-electron chi connectivity index (χ2n) is 5.44. The van der Waals surface area contributed by atoms with E-state index in [-0.39, 0.29) is 36.1 Å². The number of piperazine rings is 1. The van der Waals surface area contributed by atoms with Gasteiger partial charge in [-0.3, -0.25) is 14.9 Å². The topological polar surface area (TPSA) is 75.5 Å². The molecule has 1 fully saturated rings. The van der Waals surface area contributed by atoms with Crippen LogP contribution in [0.2, 0.25) is 0 Å². The van der Waals surface area contributed by atoms with E-state index in [0.29, 0.717) is 24.2 Å². The summed E-state index contributed by atoms with van der Waals surface area (Å²) < 4.78 is 0. The van der Waals surface area contributed by atoms with E-state index in [2.05, 4.69) is 5.32 Å². The number of benzene rings is 1. The molecule has 6 nitrogen and oxygen atoms in total. The molecule has 0 aromatic heterocycles. The van der Waals surface area contributed by atoms with Crippen molar-refractivity contribution < 1.29 is 9.72 Å². The molecule has 2 rings (SSSR count). The van der Waals surface area contributed by atoms with Gasteiger partial charge in [0.25, 0.3) is 11.6 Å². The molecule has 1 aromatic carbocycles. The van der Waals surface area contributed by atoms with E-state index < -0.39 is 4.92 Å². The van der Waals surface area contributed by atoms with Crippen LogP contribution in [0.4, 0.5) is 5.69 Å². The Hall–Kier alpha value is -1.66. The molecule has 1 aliphatic rings. The smallest absolute Gasteiger partial charge is 0.269 e. The number of halogens is 1. The summed E-state index contributed by atoms with van der Waals surface area (Å²) in [5, 5.41) is 14.1. The zero-order chi connectivity index (χ0) is 14.9. The molecule has 2 unspecified atom stereocenters. The first-order valence-electron chi connectivity index (χ1n) is 6.69. The molecule has 2 atom stereocenters. The van der Waals surface area contributed by atoms with Gasteiger partial charge in [-0.2, -0.15) is 0 Å². The van der Waals surface area contributed by atoms with E-state index in [1.165, 1.54) is 12.1 Å². The minimum absolute atomic E-state index is 0. The predicted molar refractivity (Wildman–Crippen MR) is 83.0 cm³/mol. The highest BCUT2D eigenvalue weighted by Gasteiger charge is 2.26. The molecule has 21 heavy (non-hydrogen) atoms. The highest BCUT2D eigenvalue weighted by Crippen LogP contribution is 2.19. The largest absolute Gasteiger partial charge is 0.336 e. The van der Waals surface area contributed by atoms with Gasteiger partial charge >= 0.3 is 0 Å². The molecule has 7 heteroatoms. The van der Waals surface area contributed by atoms with Gasteiger partial charge in [-0.05, 0) is 32.4 Å². The molecule has 116 valence electrons. The van der Waals surface area contributed by atoms with Crippen LogP contribution < -0.4 is 5.32 Å². The average molecular weight is 314 g/mol. The summed E-state index contributed by atoms with van der Waals surface area (Å²) in [5.41, 5.74) is 1.20. The van der Waals surface area contributed by atoms with Gasteiger partial charge in [0.2, 0.25) is 0 Å². The third-order valence-electron chi connectivity index (χ3n) is 3.50. The summed E-state index contributed by atoms with van der Waals surface area (Å²) in [6, 6.07) is 4.88. The highest BCUT2D eigenvalue weighted by molar-refractivity contribution is 5.96. The number of aryl methyl sites for hydroxylation is 1. The lowest BCUT2D eigenvalue weighted by Gasteiger charge is -2.36. The minimum atomic E-state index is -0.448. The van der Waals surface area contributed by atoms with Crippen LogP contribution in [0.3, 0.4) is 0 Å². The van der Waals surface area contributed by atoms with Crippen molar-refractivity contribution in [1.29, 1.82) is 0 Å². The Bertz CT molecular complexity index is 540. The first-order chi connectivity index (χ1) is 9.38. The number of nitrogens with one attached hydrogen (secondary N) is 1. The number of nitro benzene ring substituents is 1. The lowest BCUT2D eigenvalue weighted by molar-refractivity contribution is -0.384. The first-order valence-corrected chi connectivity index (χ1v) is 6.69. The van der Waals surface area contributed by atoms with Gasteiger partial charge < -0.3 is 10.2 Å². The zero-order valence-corrected chi connectivity index (χ0v) is 13.1. The van der Waals surface area contributed by atoms with Crippen molar-refractivity contribution in [1.82, 2.24) is 10.2 Å². The van der Waals surface area contributed by atoms with Crippen LogP contribution in [0, 0.1) is 17.0 Å². The van der Waals surface area contributed by atoms with Crippen molar-refractivity contribution in [3.8, 4) is 0 Å². The Morgan fingerprint density at radius 3 is 2.38 bits per heavy atom. The molecule has 0 radical (unpaired) electrons. The number of non-ortho nitro benzene ring substituents is 1. The van der Waals surface area contributed by atoms with Crippen molar-refractivity contribution >= 4 is 24.0 Å². The van der Waals surface area contributed by atoms with Crippen molar-refractivity contribution in [3.05, 3.63) is 39.4 Å². The molecular formula is C14H20ClN3O3. The zero-order valence-electron chi connectivity index (χ0n) is 12.3. The van der Waals surface area contributed by atoms with Crippen LogP contribution in [0.1, 0.15) is 29.8 Å². The number of rotatable bonds is 2. The molecule has 0 saturated carbocycles. The lowest BCUT2D eigenvalue weighted by atomic mass is 10.0. The maximum absolute atomic E-state index is 12.5. The fraction of sp³-hybridized carbons (Fsp3) is 0.500. The molecule has 0 spiro atoms. The van der Waals surface area contributed by atoms with E-state index in [1.807, 2.05) is 13.8 Å². The van der Waals surface area contributed by atoms with Gasteiger partial charge in [0.1, 0.15) is 0 Å². The van der Waals surface area contributed by atoms with E-state index in [9.17, 15) is 14.9 Å². The van der Waals surface area contributed by atoms with Crippen molar-refractivity contribution in [3.63, 3.8) is 0 Å². The van der Waals surface area contributed by atoms with Crippen LogP contribution in [-0.4, -0.2) is 40.9 Å². The molecular weight excluding hydrogens is 294 g/mol. The van der Waals surface area contributed by atoms with Gasteiger partial charge in [-0.15, -0.1) is 12.4 Å². The fourth-order valence-electron chi connectivity index (χ4n) is 2.66. The molecule has 1 aliphatic heterocycles. The van der Waals surface area contributed by atoms with Gasteiger partial charge in [0, 0.05) is 42.9 Å². The second kappa shape index (κ2) is 6.87. The Labute approximate surface area is 130 Å². The van der Waals surface area contributed by atoms with Crippen LogP contribution >= 0.6 is 12.4 Å². The van der Waals surface area contributed by atoms with E-state index >= 15 is 0 Å². The summed E-state index contributed by atoms with van der Waals surface area (Å²) in [6.07, 6.45) is 0. The monoisotopic (exact) mass is 313 g/mol. The van der Waals surface area contributed by atoms with E-state index in [0.717, 1.165) is 0 Å². The summed E-state index contributed by atoms with van der Waals surface area (Å²) in [7, 11) is 0. The Morgan fingerprint density at radius 1 is 1.33 bits per heavy atom. The maximum Gasteiger partial charge on any atom is 0.269 e. The molecule has 1 N–H and O–H groups in total. The normalized spacial score (nSPS) is 21.6. The van der Waals surface area contributed by atoms with Gasteiger partial charge in [0.15, 0.2) is 0 Å². The number of carbonyl (C=O) groups is 1. The van der Waals surface area contributed by atoms with Crippen LogP contribution in [0.15, 0.2) is 18.2 Å². The van der Waals surface area contributed by atoms with Crippen molar-refractivity contribution in [2.45, 2.75) is 32.9 Å².